The van der Waals surface area contributed by atoms with Gasteiger partial charge in [-0.15, -0.1) is 0 Å². The third-order valence-corrected chi connectivity index (χ3v) is 3.44. The van der Waals surface area contributed by atoms with Gasteiger partial charge < -0.3 is 14.4 Å². The first-order valence-corrected chi connectivity index (χ1v) is 7.78. The van der Waals surface area contributed by atoms with E-state index in [4.69, 9.17) is 9.47 Å². The first kappa shape index (κ1) is 18.0. The summed E-state index contributed by atoms with van der Waals surface area (Å²) < 4.78 is 10.7. The summed E-state index contributed by atoms with van der Waals surface area (Å²) in [5.74, 6) is 0.00870. The number of carbonyl (C=O) groups is 2. The highest BCUT2D eigenvalue weighted by atomic mass is 16.6. The number of hydrogen-bond donors (Lipinski definition) is 0. The monoisotopic (exact) mass is 307 g/mol. The van der Waals surface area contributed by atoms with Crippen LogP contribution in [0, 0.1) is 0 Å². The van der Waals surface area contributed by atoms with Gasteiger partial charge >= 0.3 is 5.97 Å². The lowest BCUT2D eigenvalue weighted by Gasteiger charge is -2.23. The van der Waals surface area contributed by atoms with Gasteiger partial charge in [-0.1, -0.05) is 6.92 Å². The predicted molar refractivity (Wildman–Crippen MR) is 86.7 cm³/mol. The van der Waals surface area contributed by atoms with E-state index in [1.807, 2.05) is 13.0 Å². The second kappa shape index (κ2) is 9.07. The second-order valence-electron chi connectivity index (χ2n) is 4.78. The third kappa shape index (κ3) is 4.48. The summed E-state index contributed by atoms with van der Waals surface area (Å²) in [6, 6.07) is 5.40. The summed E-state index contributed by atoms with van der Waals surface area (Å²) in [7, 11) is 0. The maximum Gasteiger partial charge on any atom is 0.347 e. The number of ether oxygens (including phenoxy) is 2. The van der Waals surface area contributed by atoms with Crippen molar-refractivity contribution < 1.29 is 19.1 Å². The molecular weight excluding hydrogens is 282 g/mol. The Bertz CT molecular complexity index is 497. The first-order chi connectivity index (χ1) is 10.6. The highest BCUT2D eigenvalue weighted by Crippen LogP contribution is 2.26. The van der Waals surface area contributed by atoms with Gasteiger partial charge in [0.25, 0.3) is 0 Å². The molecule has 0 aliphatic heterocycles. The average molecular weight is 307 g/mol. The molecule has 0 aliphatic carbocycles. The summed E-state index contributed by atoms with van der Waals surface area (Å²) in [4.78, 5) is 25.2. The fourth-order valence-electron chi connectivity index (χ4n) is 2.19. The van der Waals surface area contributed by atoms with Gasteiger partial charge in [0.05, 0.1) is 12.2 Å². The number of nitrogens with zero attached hydrogens (tertiary/aromatic N) is 1. The molecule has 0 saturated heterocycles. The zero-order valence-electron chi connectivity index (χ0n) is 13.8. The van der Waals surface area contributed by atoms with Gasteiger partial charge in [-0.25, -0.2) is 4.79 Å². The Kier molecular flexibility index (Phi) is 7.43. The number of benzene rings is 1. The lowest BCUT2D eigenvalue weighted by molar-refractivity contribution is -0.151. The maximum absolute atomic E-state index is 11.9. The molecule has 0 radical (unpaired) electrons. The molecule has 1 rings (SSSR count). The number of rotatable bonds is 9. The Morgan fingerprint density at radius 3 is 2.41 bits per heavy atom. The van der Waals surface area contributed by atoms with Crippen LogP contribution < -0.4 is 9.64 Å². The van der Waals surface area contributed by atoms with E-state index < -0.39 is 12.1 Å². The highest BCUT2D eigenvalue weighted by Gasteiger charge is 2.21. The Labute approximate surface area is 132 Å². The van der Waals surface area contributed by atoms with Crippen LogP contribution in [-0.2, 0) is 9.53 Å². The van der Waals surface area contributed by atoms with Crippen molar-refractivity contribution >= 4 is 17.9 Å². The van der Waals surface area contributed by atoms with Crippen LogP contribution in [0.4, 0.5) is 5.69 Å². The van der Waals surface area contributed by atoms with E-state index in [1.165, 1.54) is 0 Å². The summed E-state index contributed by atoms with van der Waals surface area (Å²) in [6.45, 7) is 9.73. The SMILES string of the molecule is CCOC(=O)C(CC)Oc1cc(N(CC)CC)ccc1C=O. The number of aldehydes is 1. The molecular formula is C17H25NO4. The molecule has 1 aromatic carbocycles. The molecule has 122 valence electrons. The second-order valence-corrected chi connectivity index (χ2v) is 4.78. The fourth-order valence-corrected chi connectivity index (χ4v) is 2.19. The smallest absolute Gasteiger partial charge is 0.347 e. The van der Waals surface area contributed by atoms with Crippen LogP contribution in [0.25, 0.3) is 0 Å². The van der Waals surface area contributed by atoms with Crippen molar-refractivity contribution in [3.8, 4) is 5.75 Å². The molecule has 5 heteroatoms. The summed E-state index contributed by atoms with van der Waals surface area (Å²) in [5, 5.41) is 0. The van der Waals surface area contributed by atoms with Crippen molar-refractivity contribution in [3.63, 3.8) is 0 Å². The summed E-state index contributed by atoms with van der Waals surface area (Å²) in [5.41, 5.74) is 1.39. The summed E-state index contributed by atoms with van der Waals surface area (Å²) in [6.07, 6.45) is 0.511. The molecule has 0 aliphatic rings. The minimum Gasteiger partial charge on any atom is -0.478 e. The van der Waals surface area contributed by atoms with E-state index >= 15 is 0 Å². The van der Waals surface area contributed by atoms with Crippen LogP contribution in [0.1, 0.15) is 44.5 Å². The van der Waals surface area contributed by atoms with Gasteiger partial charge in [-0.2, -0.15) is 0 Å². The summed E-state index contributed by atoms with van der Waals surface area (Å²) >= 11 is 0. The lowest BCUT2D eigenvalue weighted by atomic mass is 10.1. The van der Waals surface area contributed by atoms with Gasteiger partial charge in [-0.05, 0) is 39.3 Å². The molecule has 0 amide bonds. The van der Waals surface area contributed by atoms with Crippen LogP contribution in [0.5, 0.6) is 5.75 Å². The average Bonchev–Trinajstić information content (AvgIpc) is 2.54. The Morgan fingerprint density at radius 2 is 1.91 bits per heavy atom. The minimum atomic E-state index is -0.703. The predicted octanol–water partition coefficient (Wildman–Crippen LogP) is 3.07. The molecule has 1 unspecified atom stereocenters. The molecule has 0 fully saturated rings. The third-order valence-electron chi connectivity index (χ3n) is 3.44. The number of hydrogen-bond acceptors (Lipinski definition) is 5. The number of anilines is 1. The molecule has 0 saturated carbocycles. The van der Waals surface area contributed by atoms with Crippen molar-refractivity contribution in [2.24, 2.45) is 0 Å². The first-order valence-electron chi connectivity index (χ1n) is 7.78. The minimum absolute atomic E-state index is 0.304. The van der Waals surface area contributed by atoms with Crippen molar-refractivity contribution in [1.82, 2.24) is 0 Å². The zero-order valence-corrected chi connectivity index (χ0v) is 13.8. The van der Waals surface area contributed by atoms with E-state index in [-0.39, 0.29) is 0 Å². The highest BCUT2D eigenvalue weighted by molar-refractivity contribution is 5.82. The van der Waals surface area contributed by atoms with Crippen LogP contribution in [-0.4, -0.2) is 38.1 Å². The van der Waals surface area contributed by atoms with E-state index in [9.17, 15) is 9.59 Å². The molecule has 22 heavy (non-hydrogen) atoms. The number of esters is 1. The zero-order chi connectivity index (χ0) is 16.5. The van der Waals surface area contributed by atoms with Crippen molar-refractivity contribution in [1.29, 1.82) is 0 Å². The van der Waals surface area contributed by atoms with Crippen molar-refractivity contribution in [3.05, 3.63) is 23.8 Å². The Morgan fingerprint density at radius 1 is 1.23 bits per heavy atom. The van der Waals surface area contributed by atoms with Crippen LogP contribution >= 0.6 is 0 Å². The molecule has 0 heterocycles. The van der Waals surface area contributed by atoms with Crippen molar-refractivity contribution in [2.45, 2.75) is 40.2 Å². The van der Waals surface area contributed by atoms with E-state index in [2.05, 4.69) is 18.7 Å². The topological polar surface area (TPSA) is 55.8 Å². The molecule has 1 atom stereocenters. The largest absolute Gasteiger partial charge is 0.478 e. The van der Waals surface area contributed by atoms with Gasteiger partial charge in [0, 0.05) is 24.8 Å². The van der Waals surface area contributed by atoms with E-state index in [0.717, 1.165) is 25.1 Å². The van der Waals surface area contributed by atoms with Gasteiger partial charge in [0.15, 0.2) is 12.4 Å². The molecule has 0 aromatic heterocycles. The lowest BCUT2D eigenvalue weighted by Crippen LogP contribution is -2.29. The van der Waals surface area contributed by atoms with Crippen molar-refractivity contribution in [2.75, 3.05) is 24.6 Å². The number of carbonyl (C=O) groups excluding carboxylic acids is 2. The van der Waals surface area contributed by atoms with E-state index in [0.29, 0.717) is 24.3 Å². The van der Waals surface area contributed by atoms with Gasteiger partial charge in [0.2, 0.25) is 0 Å². The van der Waals surface area contributed by atoms with Crippen LogP contribution in [0.2, 0.25) is 0 Å². The molecule has 1 aromatic rings. The molecule has 0 spiro atoms. The normalized spacial score (nSPS) is 11.6. The van der Waals surface area contributed by atoms with Crippen LogP contribution in [0.15, 0.2) is 18.2 Å². The Hall–Kier alpha value is -2.04. The molecule has 0 bridgehead atoms. The van der Waals surface area contributed by atoms with Gasteiger partial charge in [-0.3, -0.25) is 4.79 Å². The maximum atomic E-state index is 11.9. The fraction of sp³-hybridized carbons (Fsp3) is 0.529. The standard InChI is InChI=1S/C17H25NO4/c1-5-15(17(20)21-8-4)22-16-11-14(18(6-2)7-3)10-9-13(16)12-19/h9-12,15H,5-8H2,1-4H3. The van der Waals surface area contributed by atoms with Crippen LogP contribution in [0.3, 0.4) is 0 Å². The quantitative estimate of drug-likeness (QED) is 0.518. The molecule has 5 nitrogen and oxygen atoms in total. The van der Waals surface area contributed by atoms with Gasteiger partial charge in [0.1, 0.15) is 5.75 Å². The van der Waals surface area contributed by atoms with E-state index in [1.54, 1.807) is 19.1 Å². The molecule has 0 N–H and O–H groups in total. The Balaban J connectivity index is 3.06.